The van der Waals surface area contributed by atoms with E-state index < -0.39 is 0 Å². The fraction of sp³-hybridized carbons (Fsp3) is 0.235. The topological polar surface area (TPSA) is 114 Å². The lowest BCUT2D eigenvalue weighted by molar-refractivity contribution is 0.0592. The predicted octanol–water partition coefficient (Wildman–Crippen LogP) is 4.84. The van der Waals surface area contributed by atoms with Gasteiger partial charge in [-0.05, 0) is 35.4 Å². The molecule has 4 atom stereocenters. The van der Waals surface area contributed by atoms with Gasteiger partial charge in [-0.2, -0.15) is 0 Å². The van der Waals surface area contributed by atoms with Gasteiger partial charge in [0.25, 0.3) is 0 Å². The highest BCUT2D eigenvalue weighted by Crippen LogP contribution is 2.49. The molecule has 2 heterocycles. The smallest absolute Gasteiger partial charge is 0.337 e. The van der Waals surface area contributed by atoms with Crippen molar-refractivity contribution in [1.82, 2.24) is 30.0 Å². The normalized spacial score (nSPS) is 21.0. The van der Waals surface area contributed by atoms with Crippen LogP contribution in [-0.4, -0.2) is 56.1 Å². The second-order valence-corrected chi connectivity index (χ2v) is 11.1. The fourth-order valence-corrected chi connectivity index (χ4v) is 6.39. The number of fused-ring (bicyclic) bond motifs is 8. The Morgan fingerprint density at radius 1 is 0.591 bits per heavy atom. The maximum Gasteiger partial charge on any atom is 0.337 e. The molecule has 0 N–H and O–H groups in total. The SMILES string of the molecule is COC(=O)c1ccc(Cn2nnc3c2[C@H]2C=CC=C[C@H]2c2c(nnn2Cc2ccc(C(=O)OC)cc2)[C@H]2C=CC=C[C@@H]32)cc1. The molecular weight excluding hydrogens is 556 g/mol. The van der Waals surface area contributed by atoms with Crippen LogP contribution < -0.4 is 0 Å². The summed E-state index contributed by atoms with van der Waals surface area (Å²) in [4.78, 5) is 23.9. The highest BCUT2D eigenvalue weighted by molar-refractivity contribution is 5.89. The molecule has 10 heteroatoms. The van der Waals surface area contributed by atoms with Crippen molar-refractivity contribution in [3.05, 3.63) is 142 Å². The number of aromatic nitrogens is 6. The molecule has 0 unspecified atom stereocenters. The van der Waals surface area contributed by atoms with Crippen LogP contribution in [0, 0.1) is 0 Å². The number of esters is 2. The number of hydrogen-bond donors (Lipinski definition) is 0. The first kappa shape index (κ1) is 27.5. The Morgan fingerprint density at radius 3 is 1.32 bits per heavy atom. The molecule has 0 aliphatic heterocycles. The van der Waals surface area contributed by atoms with Gasteiger partial charge in [-0.25, -0.2) is 19.0 Å². The molecule has 0 amide bonds. The van der Waals surface area contributed by atoms with Gasteiger partial charge in [-0.3, -0.25) is 0 Å². The molecule has 220 valence electrons. The molecule has 0 saturated heterocycles. The van der Waals surface area contributed by atoms with Crippen LogP contribution in [0.4, 0.5) is 0 Å². The van der Waals surface area contributed by atoms with Gasteiger partial charge in [-0.15, -0.1) is 10.2 Å². The molecule has 7 rings (SSSR count). The maximum atomic E-state index is 12.0. The number of ether oxygens (including phenoxy) is 2. The van der Waals surface area contributed by atoms with Crippen LogP contribution in [0.5, 0.6) is 0 Å². The van der Waals surface area contributed by atoms with Crippen LogP contribution in [0.2, 0.25) is 0 Å². The molecular formula is C34H30N6O4. The molecule has 3 aliphatic rings. The van der Waals surface area contributed by atoms with E-state index in [1.54, 1.807) is 24.3 Å². The second-order valence-electron chi connectivity index (χ2n) is 11.1. The quantitative estimate of drug-likeness (QED) is 0.295. The van der Waals surface area contributed by atoms with Crippen molar-refractivity contribution in [1.29, 1.82) is 0 Å². The molecule has 2 aromatic carbocycles. The van der Waals surface area contributed by atoms with E-state index in [4.69, 9.17) is 19.7 Å². The van der Waals surface area contributed by atoms with Gasteiger partial charge in [0, 0.05) is 23.7 Å². The summed E-state index contributed by atoms with van der Waals surface area (Å²) in [5, 5.41) is 18.9. The predicted molar refractivity (Wildman–Crippen MR) is 161 cm³/mol. The van der Waals surface area contributed by atoms with Crippen LogP contribution in [-0.2, 0) is 22.6 Å². The minimum atomic E-state index is -0.368. The third kappa shape index (κ3) is 4.78. The molecule has 0 spiro atoms. The Labute approximate surface area is 254 Å². The molecule has 0 radical (unpaired) electrons. The standard InChI is InChI=1S/C34H30N6O4/c1-43-33(41)23-15-11-21(12-16-23)19-39-31-27-9-5-6-10-28(27)32-30(26-8-4-3-7-25(26)29(31)35-37-39)36-38-40(32)20-22-13-17-24(18-14-22)34(42)44-2/h3-18,25-28H,19-20H2,1-2H3/t25-,26+,27+,28-. The van der Waals surface area contributed by atoms with E-state index in [0.717, 1.165) is 33.9 Å². The summed E-state index contributed by atoms with van der Waals surface area (Å²) in [5.74, 6) is -0.974. The average Bonchev–Trinajstić information content (AvgIpc) is 3.67. The highest BCUT2D eigenvalue weighted by atomic mass is 16.5. The summed E-state index contributed by atoms with van der Waals surface area (Å²) in [6.07, 6.45) is 17.0. The number of benzene rings is 2. The van der Waals surface area contributed by atoms with Crippen LogP contribution >= 0.6 is 0 Å². The first-order chi connectivity index (χ1) is 21.6. The zero-order valence-corrected chi connectivity index (χ0v) is 24.3. The summed E-state index contributed by atoms with van der Waals surface area (Å²) in [6, 6.07) is 14.8. The third-order valence-electron chi connectivity index (χ3n) is 8.55. The third-order valence-corrected chi connectivity index (χ3v) is 8.55. The Balaban J connectivity index is 1.30. The lowest BCUT2D eigenvalue weighted by Gasteiger charge is -2.33. The molecule has 44 heavy (non-hydrogen) atoms. The largest absolute Gasteiger partial charge is 0.465 e. The van der Waals surface area contributed by atoms with Crippen molar-refractivity contribution >= 4 is 11.9 Å². The van der Waals surface area contributed by atoms with E-state index in [2.05, 4.69) is 59.0 Å². The zero-order valence-electron chi connectivity index (χ0n) is 24.3. The van der Waals surface area contributed by atoms with Crippen molar-refractivity contribution in [2.24, 2.45) is 0 Å². The summed E-state index contributed by atoms with van der Waals surface area (Å²) < 4.78 is 13.7. The van der Waals surface area contributed by atoms with Gasteiger partial charge >= 0.3 is 11.9 Å². The van der Waals surface area contributed by atoms with Crippen molar-refractivity contribution < 1.29 is 19.1 Å². The molecule has 0 fully saturated rings. The van der Waals surface area contributed by atoms with E-state index in [1.807, 2.05) is 33.6 Å². The summed E-state index contributed by atoms with van der Waals surface area (Å²) in [5.41, 5.74) is 6.94. The van der Waals surface area contributed by atoms with E-state index in [1.165, 1.54) is 14.2 Å². The lowest BCUT2D eigenvalue weighted by Crippen LogP contribution is -2.26. The molecule has 2 aromatic heterocycles. The average molecular weight is 587 g/mol. The zero-order chi connectivity index (χ0) is 30.2. The maximum absolute atomic E-state index is 12.0. The number of rotatable bonds is 6. The Bertz CT molecular complexity index is 1710. The minimum Gasteiger partial charge on any atom is -0.465 e. The monoisotopic (exact) mass is 586 g/mol. The van der Waals surface area contributed by atoms with Crippen molar-refractivity contribution in [2.45, 2.75) is 36.8 Å². The first-order valence-electron chi connectivity index (χ1n) is 14.5. The Kier molecular flexibility index (Phi) is 7.09. The highest BCUT2D eigenvalue weighted by Gasteiger charge is 2.42. The fourth-order valence-electron chi connectivity index (χ4n) is 6.39. The first-order valence-corrected chi connectivity index (χ1v) is 14.5. The summed E-state index contributed by atoms with van der Waals surface area (Å²) in [7, 11) is 2.75. The van der Waals surface area contributed by atoms with E-state index in [9.17, 15) is 9.59 Å². The number of methoxy groups -OCH3 is 2. The number of hydrogen-bond acceptors (Lipinski definition) is 8. The van der Waals surface area contributed by atoms with E-state index >= 15 is 0 Å². The van der Waals surface area contributed by atoms with E-state index in [0.29, 0.717) is 24.2 Å². The number of carbonyl (C=O) groups is 2. The second kappa shape index (κ2) is 11.4. The number of carbonyl (C=O) groups excluding carboxylic acids is 2. The van der Waals surface area contributed by atoms with Gasteiger partial charge in [0.1, 0.15) is 0 Å². The molecule has 3 aliphatic carbocycles. The van der Waals surface area contributed by atoms with E-state index in [-0.39, 0.29) is 35.6 Å². The molecule has 0 saturated carbocycles. The van der Waals surface area contributed by atoms with Gasteiger partial charge < -0.3 is 9.47 Å². The van der Waals surface area contributed by atoms with Crippen molar-refractivity contribution in [2.75, 3.05) is 14.2 Å². The van der Waals surface area contributed by atoms with Crippen LogP contribution in [0.3, 0.4) is 0 Å². The number of nitrogens with zero attached hydrogens (tertiary/aromatic N) is 6. The van der Waals surface area contributed by atoms with Gasteiger partial charge in [0.2, 0.25) is 0 Å². The van der Waals surface area contributed by atoms with Crippen molar-refractivity contribution in [3.8, 4) is 0 Å². The van der Waals surface area contributed by atoms with Crippen LogP contribution in [0.15, 0.2) is 97.1 Å². The molecule has 4 aromatic rings. The number of allylic oxidation sites excluding steroid dienone is 8. The molecule has 0 bridgehead atoms. The van der Waals surface area contributed by atoms with Gasteiger partial charge in [0.15, 0.2) is 0 Å². The van der Waals surface area contributed by atoms with Crippen molar-refractivity contribution in [3.63, 3.8) is 0 Å². The summed E-state index contributed by atoms with van der Waals surface area (Å²) >= 11 is 0. The van der Waals surface area contributed by atoms with Gasteiger partial charge in [0.05, 0.1) is 61.2 Å². The van der Waals surface area contributed by atoms with Gasteiger partial charge in [-0.1, -0.05) is 83.3 Å². The Hall–Kier alpha value is -5.38. The summed E-state index contributed by atoms with van der Waals surface area (Å²) in [6.45, 7) is 0.997. The molecule has 10 nitrogen and oxygen atoms in total. The minimum absolute atomic E-state index is 0.0581. The Morgan fingerprint density at radius 2 is 0.955 bits per heavy atom. The van der Waals surface area contributed by atoms with Crippen LogP contribution in [0.25, 0.3) is 0 Å². The lowest BCUT2D eigenvalue weighted by atomic mass is 9.72. The van der Waals surface area contributed by atoms with Crippen LogP contribution in [0.1, 0.15) is 78.3 Å².